The number of anilines is 2. The Morgan fingerprint density at radius 2 is 2.33 bits per heavy atom. The van der Waals surface area contributed by atoms with Crippen LogP contribution in [-0.4, -0.2) is 10.2 Å². The van der Waals surface area contributed by atoms with Crippen molar-refractivity contribution in [3.05, 3.63) is 28.1 Å². The lowest BCUT2D eigenvalue weighted by Crippen LogP contribution is -1.97. The highest BCUT2D eigenvalue weighted by Crippen LogP contribution is 2.28. The van der Waals surface area contributed by atoms with Crippen LogP contribution < -0.4 is 5.32 Å². The third-order valence-corrected chi connectivity index (χ3v) is 3.53. The average Bonchev–Trinajstić information content (AvgIpc) is 2.76. The standard InChI is InChI=1S/C10H10N2OS2/c1-6-9(7(2)13)10(15-12-6)11-8-3-4-14-5-8/h3-5,11H,1-2H3. The second-order valence-electron chi connectivity index (χ2n) is 3.17. The Kier molecular flexibility index (Phi) is 2.83. The molecule has 3 nitrogen and oxygen atoms in total. The van der Waals surface area contributed by atoms with E-state index >= 15 is 0 Å². The maximum absolute atomic E-state index is 11.4. The van der Waals surface area contributed by atoms with Gasteiger partial charge in [-0.1, -0.05) is 0 Å². The predicted octanol–water partition coefficient (Wildman–Crippen LogP) is 3.46. The van der Waals surface area contributed by atoms with E-state index in [2.05, 4.69) is 9.69 Å². The molecule has 0 spiro atoms. The fourth-order valence-electron chi connectivity index (χ4n) is 1.34. The quantitative estimate of drug-likeness (QED) is 0.833. The van der Waals surface area contributed by atoms with Crippen LogP contribution in [0.5, 0.6) is 0 Å². The summed E-state index contributed by atoms with van der Waals surface area (Å²) in [6, 6.07) is 1.98. The molecule has 0 atom stereocenters. The Hall–Kier alpha value is -1.20. The van der Waals surface area contributed by atoms with Crippen LogP contribution in [-0.2, 0) is 0 Å². The third kappa shape index (κ3) is 2.08. The molecule has 0 unspecified atom stereocenters. The first kappa shape index (κ1) is 10.3. The number of Topliss-reactive ketones (excluding diaryl/α,β-unsaturated/α-hetero) is 1. The summed E-state index contributed by atoms with van der Waals surface area (Å²) in [5.74, 6) is 0.0546. The smallest absolute Gasteiger partial charge is 0.164 e. The first-order valence-electron chi connectivity index (χ1n) is 4.45. The molecule has 1 N–H and O–H groups in total. The molecule has 15 heavy (non-hydrogen) atoms. The number of nitrogens with one attached hydrogen (secondary N) is 1. The molecule has 0 aliphatic heterocycles. The van der Waals surface area contributed by atoms with Crippen molar-refractivity contribution in [2.75, 3.05) is 5.32 Å². The summed E-state index contributed by atoms with van der Waals surface area (Å²) in [4.78, 5) is 11.4. The summed E-state index contributed by atoms with van der Waals surface area (Å²) in [6.45, 7) is 3.42. The molecule has 2 aromatic heterocycles. The molecule has 2 aromatic rings. The maximum Gasteiger partial charge on any atom is 0.164 e. The van der Waals surface area contributed by atoms with Gasteiger partial charge in [0.25, 0.3) is 0 Å². The molecule has 0 fully saturated rings. The van der Waals surface area contributed by atoms with Gasteiger partial charge in [-0.25, -0.2) is 0 Å². The number of ketones is 1. The van der Waals surface area contributed by atoms with Crippen molar-refractivity contribution in [1.29, 1.82) is 0 Å². The molecule has 0 aliphatic carbocycles. The van der Waals surface area contributed by atoms with Crippen molar-refractivity contribution in [2.24, 2.45) is 0 Å². The van der Waals surface area contributed by atoms with Crippen LogP contribution in [0.1, 0.15) is 23.0 Å². The van der Waals surface area contributed by atoms with Crippen LogP contribution in [0.2, 0.25) is 0 Å². The second kappa shape index (κ2) is 4.12. The van der Waals surface area contributed by atoms with Gasteiger partial charge in [0.2, 0.25) is 0 Å². The van der Waals surface area contributed by atoms with Gasteiger partial charge in [0, 0.05) is 11.1 Å². The predicted molar refractivity (Wildman–Crippen MR) is 64.5 cm³/mol. The zero-order valence-electron chi connectivity index (χ0n) is 8.40. The van der Waals surface area contributed by atoms with Crippen LogP contribution in [0.15, 0.2) is 16.8 Å². The van der Waals surface area contributed by atoms with E-state index in [9.17, 15) is 4.79 Å². The van der Waals surface area contributed by atoms with Gasteiger partial charge >= 0.3 is 0 Å². The van der Waals surface area contributed by atoms with Crippen LogP contribution in [0.4, 0.5) is 10.7 Å². The highest BCUT2D eigenvalue weighted by atomic mass is 32.1. The van der Waals surface area contributed by atoms with Gasteiger partial charge in [-0.2, -0.15) is 15.7 Å². The van der Waals surface area contributed by atoms with E-state index in [1.165, 1.54) is 11.5 Å². The van der Waals surface area contributed by atoms with Crippen molar-refractivity contribution < 1.29 is 4.79 Å². The molecule has 0 saturated heterocycles. The molecule has 0 saturated carbocycles. The summed E-state index contributed by atoms with van der Waals surface area (Å²) in [6.07, 6.45) is 0. The number of aromatic nitrogens is 1. The summed E-state index contributed by atoms with van der Waals surface area (Å²) < 4.78 is 4.18. The molecule has 0 aliphatic rings. The average molecular weight is 238 g/mol. The lowest BCUT2D eigenvalue weighted by atomic mass is 10.2. The Morgan fingerprint density at radius 3 is 2.93 bits per heavy atom. The van der Waals surface area contributed by atoms with E-state index in [1.54, 1.807) is 18.3 Å². The Balaban J connectivity index is 2.33. The van der Waals surface area contributed by atoms with Crippen molar-refractivity contribution in [3.8, 4) is 0 Å². The highest BCUT2D eigenvalue weighted by molar-refractivity contribution is 7.11. The minimum absolute atomic E-state index is 0.0546. The molecule has 0 amide bonds. The summed E-state index contributed by atoms with van der Waals surface area (Å²) in [7, 11) is 0. The molecular weight excluding hydrogens is 228 g/mol. The minimum Gasteiger partial charge on any atom is -0.345 e. The van der Waals surface area contributed by atoms with Crippen molar-refractivity contribution >= 4 is 39.3 Å². The molecule has 0 radical (unpaired) electrons. The number of carbonyl (C=O) groups is 1. The highest BCUT2D eigenvalue weighted by Gasteiger charge is 2.14. The number of rotatable bonds is 3. The SMILES string of the molecule is CC(=O)c1c(C)nsc1Nc1ccsc1. The second-order valence-corrected chi connectivity index (χ2v) is 4.72. The fourth-order valence-corrected chi connectivity index (χ4v) is 2.79. The van der Waals surface area contributed by atoms with E-state index in [0.29, 0.717) is 5.56 Å². The van der Waals surface area contributed by atoms with Gasteiger partial charge in [0.05, 0.1) is 11.3 Å². The lowest BCUT2D eigenvalue weighted by Gasteiger charge is -2.01. The van der Waals surface area contributed by atoms with Gasteiger partial charge < -0.3 is 5.32 Å². The van der Waals surface area contributed by atoms with E-state index in [-0.39, 0.29) is 5.78 Å². The van der Waals surface area contributed by atoms with Crippen molar-refractivity contribution in [2.45, 2.75) is 13.8 Å². The number of hydrogen-bond donors (Lipinski definition) is 1. The molecule has 78 valence electrons. The summed E-state index contributed by atoms with van der Waals surface area (Å²) in [5.41, 5.74) is 2.50. The molecule has 5 heteroatoms. The number of thiophene rings is 1. The number of aryl methyl sites for hydroxylation is 1. The first-order valence-corrected chi connectivity index (χ1v) is 6.16. The summed E-state index contributed by atoms with van der Waals surface area (Å²) in [5, 5.41) is 8.02. The molecule has 0 bridgehead atoms. The minimum atomic E-state index is 0.0546. The molecule has 2 heterocycles. The van der Waals surface area contributed by atoms with Gasteiger partial charge in [0.15, 0.2) is 5.78 Å². The van der Waals surface area contributed by atoms with Gasteiger partial charge in [0.1, 0.15) is 5.00 Å². The van der Waals surface area contributed by atoms with Crippen molar-refractivity contribution in [3.63, 3.8) is 0 Å². The van der Waals surface area contributed by atoms with Gasteiger partial charge in [-0.05, 0) is 36.8 Å². The van der Waals surface area contributed by atoms with Crippen LogP contribution in [0.25, 0.3) is 0 Å². The fraction of sp³-hybridized carbons (Fsp3) is 0.200. The first-order chi connectivity index (χ1) is 7.18. The Bertz CT molecular complexity index is 474. The Morgan fingerprint density at radius 1 is 1.53 bits per heavy atom. The summed E-state index contributed by atoms with van der Waals surface area (Å²) >= 11 is 2.94. The monoisotopic (exact) mass is 238 g/mol. The van der Waals surface area contributed by atoms with Gasteiger partial charge in [-0.15, -0.1) is 0 Å². The maximum atomic E-state index is 11.4. The topological polar surface area (TPSA) is 42.0 Å². The van der Waals surface area contributed by atoms with Crippen LogP contribution in [0, 0.1) is 6.92 Å². The largest absolute Gasteiger partial charge is 0.345 e. The zero-order chi connectivity index (χ0) is 10.8. The molecular formula is C10H10N2OS2. The van der Waals surface area contributed by atoms with Gasteiger partial charge in [-0.3, -0.25) is 4.79 Å². The number of hydrogen-bond acceptors (Lipinski definition) is 5. The molecule has 0 aromatic carbocycles. The van der Waals surface area contributed by atoms with E-state index in [4.69, 9.17) is 0 Å². The van der Waals surface area contributed by atoms with E-state index < -0.39 is 0 Å². The van der Waals surface area contributed by atoms with E-state index in [0.717, 1.165) is 16.4 Å². The van der Waals surface area contributed by atoms with Crippen LogP contribution in [0.3, 0.4) is 0 Å². The number of carbonyl (C=O) groups excluding carboxylic acids is 1. The molecule has 2 rings (SSSR count). The number of nitrogens with zero attached hydrogens (tertiary/aromatic N) is 1. The lowest BCUT2D eigenvalue weighted by molar-refractivity contribution is 0.101. The van der Waals surface area contributed by atoms with E-state index in [1.807, 2.05) is 23.8 Å². The van der Waals surface area contributed by atoms with Crippen molar-refractivity contribution in [1.82, 2.24) is 4.37 Å². The normalized spacial score (nSPS) is 10.3. The third-order valence-electron chi connectivity index (χ3n) is 1.99. The van der Waals surface area contributed by atoms with Crippen LogP contribution >= 0.6 is 22.9 Å². The Labute approximate surface area is 95.9 Å². The zero-order valence-corrected chi connectivity index (χ0v) is 10.0.